The Hall–Kier alpha value is -2.81. The van der Waals surface area contributed by atoms with Gasteiger partial charge in [-0.05, 0) is 25.5 Å². The summed E-state index contributed by atoms with van der Waals surface area (Å²) in [6.45, 7) is 3.35. The largest absolute Gasteiger partial charge is 0.508 e. The van der Waals surface area contributed by atoms with E-state index in [9.17, 15) is 9.90 Å². The molecule has 1 heterocycles. The minimum Gasteiger partial charge on any atom is -0.508 e. The van der Waals surface area contributed by atoms with Gasteiger partial charge in [-0.15, -0.1) is 0 Å². The number of aromatic hydroxyl groups is 1. The van der Waals surface area contributed by atoms with E-state index in [1.807, 2.05) is 42.5 Å². The molecule has 2 aromatic carbocycles. The van der Waals surface area contributed by atoms with Crippen LogP contribution in [0.15, 0.2) is 59.0 Å². The van der Waals surface area contributed by atoms with Crippen LogP contribution < -0.4 is 0 Å². The first kappa shape index (κ1) is 15.1. The highest BCUT2D eigenvalue weighted by atomic mass is 16.3. The minimum atomic E-state index is -0.0198. The molecule has 23 heavy (non-hydrogen) atoms. The fourth-order valence-electron chi connectivity index (χ4n) is 2.89. The summed E-state index contributed by atoms with van der Waals surface area (Å²) in [7, 11) is 0. The predicted molar refractivity (Wildman–Crippen MR) is 89.8 cm³/mol. The number of carbonyl (C=O) groups is 1. The second-order valence-corrected chi connectivity index (χ2v) is 5.56. The lowest BCUT2D eigenvalue weighted by atomic mass is 9.95. The maximum absolute atomic E-state index is 12.1. The highest BCUT2D eigenvalue weighted by Crippen LogP contribution is 2.35. The highest BCUT2D eigenvalue weighted by Gasteiger charge is 2.22. The van der Waals surface area contributed by atoms with Gasteiger partial charge < -0.3 is 9.52 Å². The van der Waals surface area contributed by atoms with E-state index in [0.29, 0.717) is 23.5 Å². The Morgan fingerprint density at radius 2 is 1.70 bits per heavy atom. The fraction of sp³-hybridized carbons (Fsp3) is 0.150. The van der Waals surface area contributed by atoms with Crippen molar-refractivity contribution in [3.63, 3.8) is 0 Å². The van der Waals surface area contributed by atoms with Crippen LogP contribution in [0, 0.1) is 6.92 Å². The van der Waals surface area contributed by atoms with E-state index in [1.54, 1.807) is 26.0 Å². The Kier molecular flexibility index (Phi) is 4.02. The fourth-order valence-corrected chi connectivity index (χ4v) is 2.89. The average molecular weight is 306 g/mol. The zero-order valence-electron chi connectivity index (χ0n) is 13.2. The van der Waals surface area contributed by atoms with Crippen molar-refractivity contribution in [3.8, 4) is 16.9 Å². The predicted octanol–water partition coefficient (Wildman–Crippen LogP) is 4.75. The van der Waals surface area contributed by atoms with Gasteiger partial charge in [0.05, 0.1) is 5.56 Å². The van der Waals surface area contributed by atoms with Gasteiger partial charge in [0.25, 0.3) is 0 Å². The van der Waals surface area contributed by atoms with Gasteiger partial charge in [0.15, 0.2) is 5.78 Å². The van der Waals surface area contributed by atoms with Gasteiger partial charge >= 0.3 is 0 Å². The van der Waals surface area contributed by atoms with Crippen LogP contribution >= 0.6 is 0 Å². The molecular weight excluding hydrogens is 288 g/mol. The molecule has 0 spiro atoms. The monoisotopic (exact) mass is 306 g/mol. The zero-order valence-corrected chi connectivity index (χ0v) is 13.2. The van der Waals surface area contributed by atoms with Crippen LogP contribution in [0.2, 0.25) is 0 Å². The molecule has 0 atom stereocenters. The number of hydrogen-bond donors (Lipinski definition) is 1. The van der Waals surface area contributed by atoms with Crippen molar-refractivity contribution < 1.29 is 14.3 Å². The molecule has 0 amide bonds. The lowest BCUT2D eigenvalue weighted by Crippen LogP contribution is -1.97. The van der Waals surface area contributed by atoms with Gasteiger partial charge in [0.2, 0.25) is 0 Å². The molecule has 1 N–H and O–H groups in total. The Labute approximate surface area is 135 Å². The summed E-state index contributed by atoms with van der Waals surface area (Å²) in [4.78, 5) is 12.1. The van der Waals surface area contributed by atoms with Crippen molar-refractivity contribution >= 4 is 5.78 Å². The maximum Gasteiger partial charge on any atom is 0.163 e. The summed E-state index contributed by atoms with van der Waals surface area (Å²) >= 11 is 0. The molecule has 0 radical (unpaired) electrons. The molecule has 0 saturated heterocycles. The summed E-state index contributed by atoms with van der Waals surface area (Å²) in [6, 6.07) is 16.9. The molecule has 3 heteroatoms. The number of hydrogen-bond acceptors (Lipinski definition) is 3. The second-order valence-electron chi connectivity index (χ2n) is 5.56. The van der Waals surface area contributed by atoms with Gasteiger partial charge in [-0.3, -0.25) is 4.79 Å². The van der Waals surface area contributed by atoms with Crippen molar-refractivity contribution in [1.29, 1.82) is 0 Å². The van der Waals surface area contributed by atoms with Crippen molar-refractivity contribution in [1.82, 2.24) is 0 Å². The number of benzene rings is 2. The molecule has 1 aromatic heterocycles. The summed E-state index contributed by atoms with van der Waals surface area (Å²) in [5.74, 6) is 1.51. The van der Waals surface area contributed by atoms with Crippen LogP contribution in [0.5, 0.6) is 5.75 Å². The van der Waals surface area contributed by atoms with Gasteiger partial charge in [0, 0.05) is 17.5 Å². The molecule has 3 nitrogen and oxygen atoms in total. The zero-order chi connectivity index (χ0) is 16.4. The smallest absolute Gasteiger partial charge is 0.163 e. The Morgan fingerprint density at radius 3 is 2.35 bits per heavy atom. The summed E-state index contributed by atoms with van der Waals surface area (Å²) < 4.78 is 5.89. The number of aryl methyl sites for hydroxylation is 1. The van der Waals surface area contributed by atoms with Gasteiger partial charge in [-0.1, -0.05) is 48.5 Å². The van der Waals surface area contributed by atoms with Crippen molar-refractivity contribution in [2.75, 3.05) is 0 Å². The average Bonchev–Trinajstić information content (AvgIpc) is 2.87. The molecule has 116 valence electrons. The first-order valence-corrected chi connectivity index (χ1v) is 7.53. The second kappa shape index (κ2) is 6.13. The standard InChI is InChI=1S/C20H18O3/c1-13(21)19-14(2)23-18(12-16-10-6-7-11-17(16)22)20(19)15-8-4-3-5-9-15/h3-11,22H,12H2,1-2H3. The summed E-state index contributed by atoms with van der Waals surface area (Å²) in [5, 5.41) is 10.0. The number of carbonyl (C=O) groups excluding carboxylic acids is 1. The molecule has 0 fully saturated rings. The summed E-state index contributed by atoms with van der Waals surface area (Å²) in [5.41, 5.74) is 3.15. The number of para-hydroxylation sites is 1. The molecule has 3 aromatic rings. The lowest BCUT2D eigenvalue weighted by molar-refractivity contribution is 0.101. The molecule has 0 aliphatic carbocycles. The number of phenols is 1. The van der Waals surface area contributed by atoms with E-state index in [0.717, 1.165) is 16.7 Å². The van der Waals surface area contributed by atoms with Crippen molar-refractivity contribution in [2.24, 2.45) is 0 Å². The maximum atomic E-state index is 12.1. The number of phenolic OH excluding ortho intramolecular Hbond substituents is 1. The van der Waals surface area contributed by atoms with E-state index >= 15 is 0 Å². The topological polar surface area (TPSA) is 50.4 Å². The molecular formula is C20H18O3. The van der Waals surface area contributed by atoms with E-state index in [-0.39, 0.29) is 11.5 Å². The van der Waals surface area contributed by atoms with Crippen LogP contribution in [-0.4, -0.2) is 10.9 Å². The van der Waals surface area contributed by atoms with Crippen LogP contribution in [0.4, 0.5) is 0 Å². The third-order valence-electron chi connectivity index (χ3n) is 3.91. The third kappa shape index (κ3) is 2.90. The molecule has 3 rings (SSSR count). The lowest BCUT2D eigenvalue weighted by Gasteiger charge is -2.06. The van der Waals surface area contributed by atoms with E-state index < -0.39 is 0 Å². The SMILES string of the molecule is CC(=O)c1c(C)oc(Cc2ccccc2O)c1-c1ccccc1. The normalized spacial score (nSPS) is 10.7. The summed E-state index contributed by atoms with van der Waals surface area (Å²) in [6.07, 6.45) is 0.436. The van der Waals surface area contributed by atoms with Crippen molar-refractivity contribution in [3.05, 3.63) is 77.2 Å². The third-order valence-corrected chi connectivity index (χ3v) is 3.91. The van der Waals surface area contributed by atoms with Gasteiger partial charge in [0.1, 0.15) is 17.3 Å². The van der Waals surface area contributed by atoms with Crippen LogP contribution in [0.3, 0.4) is 0 Å². The molecule has 0 unspecified atom stereocenters. The van der Waals surface area contributed by atoms with Crippen LogP contribution in [-0.2, 0) is 6.42 Å². The number of rotatable bonds is 4. The Bertz CT molecular complexity index is 845. The molecule has 0 aliphatic heterocycles. The van der Waals surface area contributed by atoms with E-state index in [2.05, 4.69) is 0 Å². The number of furan rings is 1. The molecule has 0 saturated carbocycles. The van der Waals surface area contributed by atoms with Crippen molar-refractivity contribution in [2.45, 2.75) is 20.3 Å². The van der Waals surface area contributed by atoms with Gasteiger partial charge in [-0.2, -0.15) is 0 Å². The quantitative estimate of drug-likeness (QED) is 0.707. The van der Waals surface area contributed by atoms with Crippen LogP contribution in [0.1, 0.15) is 34.4 Å². The minimum absolute atomic E-state index is 0.0198. The van der Waals surface area contributed by atoms with Gasteiger partial charge in [-0.25, -0.2) is 0 Å². The Morgan fingerprint density at radius 1 is 1.04 bits per heavy atom. The Balaban J connectivity index is 2.16. The number of Topliss-reactive ketones (excluding diaryl/α,β-unsaturated/α-hetero) is 1. The molecule has 0 bridgehead atoms. The van der Waals surface area contributed by atoms with E-state index in [4.69, 9.17) is 4.42 Å². The highest BCUT2D eigenvalue weighted by molar-refractivity contribution is 6.02. The first-order valence-electron chi connectivity index (χ1n) is 7.53. The van der Waals surface area contributed by atoms with E-state index in [1.165, 1.54) is 0 Å². The number of ketones is 1. The van der Waals surface area contributed by atoms with Crippen LogP contribution in [0.25, 0.3) is 11.1 Å². The molecule has 0 aliphatic rings. The first-order chi connectivity index (χ1) is 11.1.